The Hall–Kier alpha value is -0.920. The van der Waals surface area contributed by atoms with Crippen molar-refractivity contribution in [1.29, 1.82) is 0 Å². The minimum absolute atomic E-state index is 0.00237. The zero-order valence-electron chi connectivity index (χ0n) is 14.3. The number of carbonyl (C=O) groups is 1. The third kappa shape index (κ3) is 4.78. The molecule has 5 nitrogen and oxygen atoms in total. The van der Waals surface area contributed by atoms with E-state index in [1.165, 1.54) is 16.4 Å². The first-order valence-corrected chi connectivity index (χ1v) is 9.98. The highest BCUT2D eigenvalue weighted by molar-refractivity contribution is 9.10. The molecule has 0 heterocycles. The summed E-state index contributed by atoms with van der Waals surface area (Å²) >= 11 is 3.33. The molecule has 1 aromatic carbocycles. The summed E-state index contributed by atoms with van der Waals surface area (Å²) in [4.78, 5) is 12.6. The van der Waals surface area contributed by atoms with Gasteiger partial charge in [0.2, 0.25) is 10.0 Å². The quantitative estimate of drug-likeness (QED) is 0.757. The Morgan fingerprint density at radius 3 is 2.26 bits per heavy atom. The number of nitrogens with zero attached hydrogens (tertiary/aromatic N) is 1. The van der Waals surface area contributed by atoms with Gasteiger partial charge in [0, 0.05) is 23.6 Å². The Bertz CT molecular complexity index is 655. The smallest absolute Gasteiger partial charge is 0.252 e. The molecule has 0 fully saturated rings. The fraction of sp³-hybridized carbons (Fsp3) is 0.562. The van der Waals surface area contributed by atoms with Crippen LogP contribution in [0.2, 0.25) is 0 Å². The number of nitrogens with one attached hydrogen (secondary N) is 1. The molecular formula is C16H25BrN2O3S. The van der Waals surface area contributed by atoms with E-state index in [9.17, 15) is 13.2 Å². The largest absolute Gasteiger partial charge is 0.349 e. The van der Waals surface area contributed by atoms with Gasteiger partial charge in [0.05, 0.1) is 10.5 Å². The second-order valence-electron chi connectivity index (χ2n) is 5.74. The lowest BCUT2D eigenvalue weighted by molar-refractivity contribution is 0.0929. The molecule has 0 saturated heterocycles. The number of hydrogen-bond donors (Lipinski definition) is 1. The molecule has 1 aromatic rings. The van der Waals surface area contributed by atoms with Crippen molar-refractivity contribution in [1.82, 2.24) is 9.62 Å². The first kappa shape index (κ1) is 20.1. The lowest BCUT2D eigenvalue weighted by Crippen LogP contribution is -2.36. The molecule has 0 aliphatic rings. The lowest BCUT2D eigenvalue weighted by Gasteiger charge is -2.20. The van der Waals surface area contributed by atoms with Gasteiger partial charge in [0.25, 0.3) is 5.91 Å². The molecule has 130 valence electrons. The van der Waals surface area contributed by atoms with Crippen molar-refractivity contribution in [3.8, 4) is 0 Å². The first-order valence-electron chi connectivity index (χ1n) is 7.75. The van der Waals surface area contributed by atoms with Crippen LogP contribution in [0.15, 0.2) is 27.6 Å². The van der Waals surface area contributed by atoms with E-state index >= 15 is 0 Å². The molecule has 7 heteroatoms. The van der Waals surface area contributed by atoms with E-state index in [1.807, 2.05) is 20.8 Å². The molecule has 1 amide bonds. The van der Waals surface area contributed by atoms with Crippen LogP contribution >= 0.6 is 15.9 Å². The third-order valence-corrected chi connectivity index (χ3v) is 6.62. The highest BCUT2D eigenvalue weighted by atomic mass is 79.9. The Morgan fingerprint density at radius 1 is 1.22 bits per heavy atom. The van der Waals surface area contributed by atoms with Gasteiger partial charge >= 0.3 is 0 Å². The average molecular weight is 405 g/mol. The zero-order chi connectivity index (χ0) is 17.8. The maximum absolute atomic E-state index is 12.6. The predicted molar refractivity (Wildman–Crippen MR) is 96.0 cm³/mol. The summed E-state index contributed by atoms with van der Waals surface area (Å²) in [6, 6.07) is 4.55. The molecule has 0 spiro atoms. The number of halogens is 1. The molecule has 0 saturated carbocycles. The molecule has 23 heavy (non-hydrogen) atoms. The first-order chi connectivity index (χ1) is 10.6. The van der Waals surface area contributed by atoms with Gasteiger partial charge in [-0.15, -0.1) is 0 Å². The van der Waals surface area contributed by atoms with Crippen LogP contribution in [0.25, 0.3) is 0 Å². The predicted octanol–water partition coefficient (Wildman–Crippen LogP) is 3.25. The van der Waals surface area contributed by atoms with Gasteiger partial charge in [-0.05, 0) is 47.0 Å². The summed E-state index contributed by atoms with van der Waals surface area (Å²) in [7, 11) is -3.59. The second-order valence-corrected chi connectivity index (χ2v) is 8.53. The molecule has 0 unspecified atom stereocenters. The molecule has 0 radical (unpaired) electrons. The standard InChI is InChI=1S/C16H25BrN2O3S/c1-6-19(7-2)23(21,22)13-8-9-15(17)14(10-13)16(20)18-12(5)11(3)4/h8-12H,6-7H2,1-5H3,(H,18,20)/t12-/m1/s1. The van der Waals surface area contributed by atoms with E-state index < -0.39 is 10.0 Å². The number of benzene rings is 1. The molecule has 1 atom stereocenters. The van der Waals surface area contributed by atoms with Gasteiger partial charge < -0.3 is 5.32 Å². The Balaban J connectivity index is 3.21. The van der Waals surface area contributed by atoms with Crippen molar-refractivity contribution >= 4 is 31.9 Å². The SMILES string of the molecule is CCN(CC)S(=O)(=O)c1ccc(Br)c(C(=O)N[C@H](C)C(C)C)c1. The molecule has 1 N–H and O–H groups in total. The molecule has 0 bridgehead atoms. The highest BCUT2D eigenvalue weighted by Crippen LogP contribution is 2.23. The van der Waals surface area contributed by atoms with Gasteiger partial charge in [-0.25, -0.2) is 8.42 Å². The van der Waals surface area contributed by atoms with E-state index in [0.717, 1.165) is 0 Å². The van der Waals surface area contributed by atoms with Gasteiger partial charge in [0.15, 0.2) is 0 Å². The molecule has 0 aliphatic heterocycles. The van der Waals surface area contributed by atoms with Crippen LogP contribution < -0.4 is 5.32 Å². The van der Waals surface area contributed by atoms with Gasteiger partial charge in [-0.2, -0.15) is 4.31 Å². The molecule has 1 rings (SSSR count). The topological polar surface area (TPSA) is 66.5 Å². The maximum Gasteiger partial charge on any atom is 0.252 e. The van der Waals surface area contributed by atoms with Crippen molar-refractivity contribution in [3.05, 3.63) is 28.2 Å². The monoisotopic (exact) mass is 404 g/mol. The van der Waals surface area contributed by atoms with E-state index in [2.05, 4.69) is 21.2 Å². The van der Waals surface area contributed by atoms with Crippen LogP contribution in [0.3, 0.4) is 0 Å². The van der Waals surface area contributed by atoms with Crippen molar-refractivity contribution < 1.29 is 13.2 Å². The lowest BCUT2D eigenvalue weighted by atomic mass is 10.1. The van der Waals surface area contributed by atoms with Crippen LogP contribution in [0, 0.1) is 5.92 Å². The number of sulfonamides is 1. The van der Waals surface area contributed by atoms with Crippen molar-refractivity contribution in [3.63, 3.8) is 0 Å². The number of amides is 1. The van der Waals surface area contributed by atoms with Crippen LogP contribution in [0.5, 0.6) is 0 Å². The van der Waals surface area contributed by atoms with E-state index in [0.29, 0.717) is 29.0 Å². The van der Waals surface area contributed by atoms with Gasteiger partial charge in [0.1, 0.15) is 0 Å². The van der Waals surface area contributed by atoms with E-state index in [-0.39, 0.29) is 16.8 Å². The van der Waals surface area contributed by atoms with Crippen LogP contribution in [0.4, 0.5) is 0 Å². The normalized spacial score (nSPS) is 13.4. The molecular weight excluding hydrogens is 380 g/mol. The molecule has 0 aromatic heterocycles. The van der Waals surface area contributed by atoms with Crippen LogP contribution in [-0.2, 0) is 10.0 Å². The zero-order valence-corrected chi connectivity index (χ0v) is 16.7. The maximum atomic E-state index is 12.6. The summed E-state index contributed by atoms with van der Waals surface area (Å²) in [5.74, 6) is 0.00925. The minimum atomic E-state index is -3.59. The number of hydrogen-bond acceptors (Lipinski definition) is 3. The minimum Gasteiger partial charge on any atom is -0.349 e. The van der Waals surface area contributed by atoms with Crippen molar-refractivity contribution in [2.24, 2.45) is 5.92 Å². The number of carbonyl (C=O) groups excluding carboxylic acids is 1. The van der Waals surface area contributed by atoms with Crippen molar-refractivity contribution in [2.45, 2.75) is 45.6 Å². The highest BCUT2D eigenvalue weighted by Gasteiger charge is 2.24. The summed E-state index contributed by atoms with van der Waals surface area (Å²) in [5.41, 5.74) is 0.325. The van der Waals surface area contributed by atoms with Crippen LogP contribution in [-0.4, -0.2) is 37.8 Å². The fourth-order valence-electron chi connectivity index (χ4n) is 2.00. The molecule has 0 aliphatic carbocycles. The summed E-state index contributed by atoms with van der Waals surface area (Å²) in [6.45, 7) is 10.3. The summed E-state index contributed by atoms with van der Waals surface area (Å²) in [6.07, 6.45) is 0. The fourth-order valence-corrected chi connectivity index (χ4v) is 3.91. The number of rotatable bonds is 7. The van der Waals surface area contributed by atoms with Gasteiger partial charge in [-0.3, -0.25) is 4.79 Å². The summed E-state index contributed by atoms with van der Waals surface area (Å²) < 4.78 is 27.1. The second kappa shape index (κ2) is 8.26. The van der Waals surface area contributed by atoms with Crippen molar-refractivity contribution in [2.75, 3.05) is 13.1 Å². The average Bonchev–Trinajstić information content (AvgIpc) is 2.48. The van der Waals surface area contributed by atoms with Gasteiger partial charge in [-0.1, -0.05) is 27.7 Å². The van der Waals surface area contributed by atoms with E-state index in [4.69, 9.17) is 0 Å². The summed E-state index contributed by atoms with van der Waals surface area (Å²) in [5, 5.41) is 2.89. The van der Waals surface area contributed by atoms with Crippen LogP contribution in [0.1, 0.15) is 45.0 Å². The Kier molecular flexibility index (Phi) is 7.23. The van der Waals surface area contributed by atoms with E-state index in [1.54, 1.807) is 19.9 Å². The Labute approximate surface area is 147 Å². The Morgan fingerprint density at radius 2 is 1.78 bits per heavy atom. The third-order valence-electron chi connectivity index (χ3n) is 3.88.